The zero-order valence-electron chi connectivity index (χ0n) is 5.35. The van der Waals surface area contributed by atoms with Gasteiger partial charge in [0.05, 0.1) is 12.3 Å². The number of hydrogen-bond acceptors (Lipinski definition) is 4. The number of hydrogen-bond donors (Lipinski definition) is 2. The summed E-state index contributed by atoms with van der Waals surface area (Å²) in [6.07, 6.45) is 1.35. The van der Waals surface area contributed by atoms with Crippen LogP contribution in [0, 0.1) is 0 Å². The van der Waals surface area contributed by atoms with Gasteiger partial charge in [-0.2, -0.15) is 14.6 Å². The van der Waals surface area contributed by atoms with Gasteiger partial charge in [0, 0.05) is 0 Å². The highest BCUT2D eigenvalue weighted by atomic mass is 16.3. The Labute approximate surface area is 60.1 Å². The summed E-state index contributed by atoms with van der Waals surface area (Å²) in [4.78, 5) is 14.6. The minimum Gasteiger partial charge on any atom is -0.493 e. The molecular weight excluding hydrogens is 148 g/mol. The first-order valence-corrected chi connectivity index (χ1v) is 2.89. The van der Waals surface area contributed by atoms with Crippen LogP contribution in [0.15, 0.2) is 17.1 Å². The summed E-state index contributed by atoms with van der Waals surface area (Å²) in [5, 5.41) is 14.8. The van der Waals surface area contributed by atoms with E-state index < -0.39 is 0 Å². The van der Waals surface area contributed by atoms with Crippen molar-refractivity contribution in [2.75, 3.05) is 0 Å². The maximum absolute atomic E-state index is 11.0. The molecule has 0 spiro atoms. The van der Waals surface area contributed by atoms with Crippen LogP contribution in [-0.4, -0.2) is 24.9 Å². The molecule has 0 unspecified atom stereocenters. The van der Waals surface area contributed by atoms with Crippen LogP contribution in [0.5, 0.6) is 5.88 Å². The zero-order chi connectivity index (χ0) is 7.84. The molecule has 0 aromatic carbocycles. The summed E-state index contributed by atoms with van der Waals surface area (Å²) in [6.45, 7) is 0. The first-order valence-electron chi connectivity index (χ1n) is 2.89. The zero-order valence-corrected chi connectivity index (χ0v) is 5.35. The molecule has 0 aliphatic rings. The Morgan fingerprint density at radius 1 is 1.64 bits per heavy atom. The number of nitrogens with one attached hydrogen (secondary N) is 1. The molecule has 0 saturated carbocycles. The third kappa shape index (κ3) is 0.759. The quantitative estimate of drug-likeness (QED) is 0.513. The minimum atomic E-state index is -0.384. The number of aromatic amines is 1. The molecule has 0 atom stereocenters. The lowest BCUT2D eigenvalue weighted by Crippen LogP contribution is -2.12. The van der Waals surface area contributed by atoms with E-state index in [4.69, 9.17) is 5.11 Å². The Balaban J connectivity index is 3.02. The van der Waals surface area contributed by atoms with E-state index in [2.05, 4.69) is 15.3 Å². The van der Waals surface area contributed by atoms with Crippen molar-refractivity contribution in [3.05, 3.63) is 22.6 Å². The van der Waals surface area contributed by atoms with Gasteiger partial charge in [0.2, 0.25) is 5.88 Å². The van der Waals surface area contributed by atoms with Crippen LogP contribution in [-0.2, 0) is 0 Å². The second kappa shape index (κ2) is 1.82. The van der Waals surface area contributed by atoms with Gasteiger partial charge in [-0.15, -0.1) is 0 Å². The number of fused-ring (bicyclic) bond motifs is 1. The van der Waals surface area contributed by atoms with Crippen molar-refractivity contribution in [2.45, 2.75) is 0 Å². The number of aromatic hydroxyl groups is 1. The molecule has 0 fully saturated rings. The second-order valence-electron chi connectivity index (χ2n) is 2.00. The van der Waals surface area contributed by atoms with Gasteiger partial charge >= 0.3 is 0 Å². The smallest absolute Gasteiger partial charge is 0.277 e. The van der Waals surface area contributed by atoms with Gasteiger partial charge in [-0.05, 0) is 0 Å². The first-order chi connectivity index (χ1) is 5.27. The maximum atomic E-state index is 11.0. The van der Waals surface area contributed by atoms with Gasteiger partial charge in [0.25, 0.3) is 5.56 Å². The molecule has 2 aromatic rings. The molecule has 2 heterocycles. The molecule has 0 bridgehead atoms. The maximum Gasteiger partial charge on any atom is 0.277 e. The Morgan fingerprint density at radius 3 is 3.27 bits per heavy atom. The molecule has 2 N–H and O–H groups in total. The fourth-order valence-electron chi connectivity index (χ4n) is 0.819. The van der Waals surface area contributed by atoms with Crippen LogP contribution >= 0.6 is 0 Å². The van der Waals surface area contributed by atoms with Crippen LogP contribution in [0.25, 0.3) is 5.65 Å². The highest BCUT2D eigenvalue weighted by Gasteiger charge is 1.99. The summed E-state index contributed by atoms with van der Waals surface area (Å²) in [7, 11) is 0. The standard InChI is InChI=1S/C5H4N4O2/c10-4-1-5(11)9-3(7-4)2-6-8-9/h1-2,8,10H. The molecule has 0 radical (unpaired) electrons. The van der Waals surface area contributed by atoms with E-state index in [0.717, 1.165) is 10.6 Å². The molecule has 11 heavy (non-hydrogen) atoms. The van der Waals surface area contributed by atoms with Crippen LogP contribution in [0.2, 0.25) is 0 Å². The van der Waals surface area contributed by atoms with Crippen molar-refractivity contribution < 1.29 is 5.11 Å². The SMILES string of the molecule is O=c1cc(O)nc2cn[nH]n12. The van der Waals surface area contributed by atoms with E-state index in [9.17, 15) is 4.79 Å². The Hall–Kier alpha value is -1.85. The van der Waals surface area contributed by atoms with Gasteiger partial charge in [-0.1, -0.05) is 0 Å². The summed E-state index contributed by atoms with van der Waals surface area (Å²) in [5.74, 6) is -0.295. The molecule has 0 amide bonds. The van der Waals surface area contributed by atoms with Crippen LogP contribution < -0.4 is 5.56 Å². The fraction of sp³-hybridized carbons (Fsp3) is 0. The van der Waals surface area contributed by atoms with E-state index in [-0.39, 0.29) is 11.4 Å². The molecular formula is C5H4N4O2. The van der Waals surface area contributed by atoms with E-state index in [1.165, 1.54) is 6.20 Å². The van der Waals surface area contributed by atoms with Gasteiger partial charge in [-0.25, -0.2) is 5.21 Å². The lowest BCUT2D eigenvalue weighted by Gasteiger charge is -1.89. The summed E-state index contributed by atoms with van der Waals surface area (Å²) in [6, 6.07) is 1.01. The van der Waals surface area contributed by atoms with E-state index in [0.29, 0.717) is 5.65 Å². The molecule has 2 rings (SSSR count). The van der Waals surface area contributed by atoms with Gasteiger partial charge < -0.3 is 5.11 Å². The molecule has 6 heteroatoms. The Morgan fingerprint density at radius 2 is 2.45 bits per heavy atom. The third-order valence-corrected chi connectivity index (χ3v) is 1.27. The summed E-state index contributed by atoms with van der Waals surface area (Å²) in [5.41, 5.74) is -0.0833. The second-order valence-corrected chi connectivity index (χ2v) is 2.00. The highest BCUT2D eigenvalue weighted by molar-refractivity contribution is 5.34. The molecule has 0 aliphatic carbocycles. The number of rotatable bonds is 0. The first kappa shape index (κ1) is 5.90. The molecule has 0 aliphatic heterocycles. The third-order valence-electron chi connectivity index (χ3n) is 1.27. The van der Waals surface area contributed by atoms with E-state index in [1.807, 2.05) is 0 Å². The van der Waals surface area contributed by atoms with Crippen molar-refractivity contribution in [3.63, 3.8) is 0 Å². The van der Waals surface area contributed by atoms with Crippen LogP contribution in [0.1, 0.15) is 0 Å². The van der Waals surface area contributed by atoms with Crippen LogP contribution in [0.3, 0.4) is 0 Å². The van der Waals surface area contributed by atoms with Crippen LogP contribution in [0.4, 0.5) is 0 Å². The van der Waals surface area contributed by atoms with Crippen molar-refractivity contribution in [3.8, 4) is 5.88 Å². The largest absolute Gasteiger partial charge is 0.493 e. The van der Waals surface area contributed by atoms with Crippen molar-refractivity contribution in [1.82, 2.24) is 19.8 Å². The minimum absolute atomic E-state index is 0.295. The van der Waals surface area contributed by atoms with Gasteiger partial charge in [0.15, 0.2) is 5.65 Å². The lowest BCUT2D eigenvalue weighted by atomic mass is 10.6. The Bertz CT molecular complexity index is 443. The molecule has 2 aromatic heterocycles. The fourth-order valence-corrected chi connectivity index (χ4v) is 0.819. The number of H-pyrrole nitrogens is 1. The van der Waals surface area contributed by atoms with Crippen molar-refractivity contribution in [2.24, 2.45) is 0 Å². The lowest BCUT2D eigenvalue weighted by molar-refractivity contribution is 0.452. The van der Waals surface area contributed by atoms with E-state index in [1.54, 1.807) is 0 Å². The van der Waals surface area contributed by atoms with Gasteiger partial charge in [-0.3, -0.25) is 4.79 Å². The summed E-state index contributed by atoms with van der Waals surface area (Å²) >= 11 is 0. The predicted octanol–water partition coefficient (Wildman–Crippen LogP) is -0.877. The number of aromatic nitrogens is 4. The number of nitrogens with zero attached hydrogens (tertiary/aromatic N) is 3. The van der Waals surface area contributed by atoms with Gasteiger partial charge in [0.1, 0.15) is 0 Å². The van der Waals surface area contributed by atoms with Crippen molar-refractivity contribution in [1.29, 1.82) is 0 Å². The topological polar surface area (TPSA) is 83.3 Å². The average Bonchev–Trinajstić information content (AvgIpc) is 2.34. The van der Waals surface area contributed by atoms with Crippen molar-refractivity contribution >= 4 is 5.65 Å². The average molecular weight is 152 g/mol. The molecule has 56 valence electrons. The van der Waals surface area contributed by atoms with E-state index >= 15 is 0 Å². The molecule has 0 saturated heterocycles. The monoisotopic (exact) mass is 152 g/mol. The molecule has 6 nitrogen and oxygen atoms in total. The Kier molecular flexibility index (Phi) is 0.974. The highest BCUT2D eigenvalue weighted by Crippen LogP contribution is 1.99. The summed E-state index contributed by atoms with van der Waals surface area (Å²) < 4.78 is 1.12. The predicted molar refractivity (Wildman–Crippen MR) is 35.3 cm³/mol. The normalized spacial score (nSPS) is 10.5.